The number of likely N-dealkylation sites (tertiary alicyclic amines) is 1. The minimum absolute atomic E-state index is 0.0433. The third kappa shape index (κ3) is 2.45. The van der Waals surface area contributed by atoms with E-state index in [-0.39, 0.29) is 18.2 Å². The monoisotopic (exact) mass is 245 g/mol. The topological polar surface area (TPSA) is 37.4 Å². The molecule has 0 aliphatic carbocycles. The van der Waals surface area contributed by atoms with E-state index in [1.165, 1.54) is 0 Å². The van der Waals surface area contributed by atoms with Gasteiger partial charge in [-0.3, -0.25) is 9.59 Å². The number of hydrogen-bond donors (Lipinski definition) is 0. The molecule has 0 aromatic heterocycles. The van der Waals surface area contributed by atoms with E-state index in [2.05, 4.69) is 0 Å². The molecule has 96 valence electrons. The fraction of sp³-hybridized carbons (Fsp3) is 0.467. The zero-order chi connectivity index (χ0) is 13.2. The summed E-state index contributed by atoms with van der Waals surface area (Å²) in [5, 5.41) is 0. The number of rotatable bonds is 2. The second kappa shape index (κ2) is 4.92. The summed E-state index contributed by atoms with van der Waals surface area (Å²) in [7, 11) is 0. The number of carbonyl (C=O) groups is 2. The molecule has 3 nitrogen and oxygen atoms in total. The molecular formula is C15H19NO2. The Balaban J connectivity index is 2.19. The summed E-state index contributed by atoms with van der Waals surface area (Å²) >= 11 is 0. The summed E-state index contributed by atoms with van der Waals surface area (Å²) in [5.74, 6) is 0.209. The summed E-state index contributed by atoms with van der Waals surface area (Å²) in [4.78, 5) is 25.7. The Morgan fingerprint density at radius 3 is 2.50 bits per heavy atom. The number of ketones is 1. The molecule has 1 fully saturated rings. The van der Waals surface area contributed by atoms with Crippen LogP contribution in [0.3, 0.4) is 0 Å². The van der Waals surface area contributed by atoms with Crippen molar-refractivity contribution in [2.45, 2.75) is 32.1 Å². The van der Waals surface area contributed by atoms with Gasteiger partial charge in [-0.25, -0.2) is 0 Å². The Morgan fingerprint density at radius 2 is 1.89 bits per heavy atom. The molecule has 2 rings (SSSR count). The Morgan fingerprint density at radius 1 is 1.22 bits per heavy atom. The van der Waals surface area contributed by atoms with Crippen LogP contribution in [0.4, 0.5) is 0 Å². The smallest absolute Gasteiger partial charge is 0.233 e. The maximum Gasteiger partial charge on any atom is 0.233 e. The molecule has 1 aromatic rings. The lowest BCUT2D eigenvalue weighted by atomic mass is 9.83. The van der Waals surface area contributed by atoms with Crippen LogP contribution in [0.1, 0.15) is 32.3 Å². The summed E-state index contributed by atoms with van der Waals surface area (Å²) in [5.41, 5.74) is 0.423. The van der Waals surface area contributed by atoms with Crippen LogP contribution in [-0.2, 0) is 15.0 Å². The van der Waals surface area contributed by atoms with Gasteiger partial charge in [-0.2, -0.15) is 0 Å². The number of piperidine rings is 1. The molecular weight excluding hydrogens is 226 g/mol. The van der Waals surface area contributed by atoms with Crippen molar-refractivity contribution in [2.24, 2.45) is 0 Å². The molecule has 0 unspecified atom stereocenters. The molecule has 1 aliphatic rings. The van der Waals surface area contributed by atoms with E-state index in [1.807, 2.05) is 44.2 Å². The number of hydrogen-bond acceptors (Lipinski definition) is 2. The van der Waals surface area contributed by atoms with Crippen molar-refractivity contribution in [3.05, 3.63) is 35.9 Å². The van der Waals surface area contributed by atoms with E-state index < -0.39 is 5.41 Å². The average molecular weight is 245 g/mol. The van der Waals surface area contributed by atoms with Crippen molar-refractivity contribution < 1.29 is 9.59 Å². The number of benzene rings is 1. The minimum atomic E-state index is -0.571. The Hall–Kier alpha value is -1.64. The lowest BCUT2D eigenvalue weighted by Crippen LogP contribution is -2.48. The molecule has 3 heteroatoms. The van der Waals surface area contributed by atoms with Crippen LogP contribution in [0.2, 0.25) is 0 Å². The number of amides is 1. The molecule has 1 aliphatic heterocycles. The number of carbonyl (C=O) groups excluding carboxylic acids is 2. The highest BCUT2D eigenvalue weighted by Gasteiger charge is 2.35. The van der Waals surface area contributed by atoms with E-state index in [9.17, 15) is 9.59 Å². The zero-order valence-corrected chi connectivity index (χ0v) is 11.0. The van der Waals surface area contributed by atoms with Gasteiger partial charge in [0, 0.05) is 13.0 Å². The molecule has 18 heavy (non-hydrogen) atoms. The maximum atomic E-state index is 12.5. The van der Waals surface area contributed by atoms with Gasteiger partial charge < -0.3 is 4.90 Å². The number of nitrogens with zero attached hydrogens (tertiary/aromatic N) is 1. The van der Waals surface area contributed by atoms with Crippen LogP contribution in [0.5, 0.6) is 0 Å². The van der Waals surface area contributed by atoms with Crippen molar-refractivity contribution in [1.82, 2.24) is 4.90 Å². The molecule has 1 aromatic carbocycles. The van der Waals surface area contributed by atoms with Gasteiger partial charge in [-0.05, 0) is 25.8 Å². The minimum Gasteiger partial charge on any atom is -0.335 e. The Bertz CT molecular complexity index is 451. The molecule has 0 radical (unpaired) electrons. The average Bonchev–Trinajstić information content (AvgIpc) is 2.39. The first-order chi connectivity index (χ1) is 8.51. The summed E-state index contributed by atoms with van der Waals surface area (Å²) in [6, 6.07) is 9.74. The third-order valence-electron chi connectivity index (χ3n) is 3.57. The number of Topliss-reactive ketones (excluding diaryl/α,β-unsaturated/α-hetero) is 1. The maximum absolute atomic E-state index is 12.5. The van der Waals surface area contributed by atoms with Gasteiger partial charge in [-0.1, -0.05) is 30.3 Å². The van der Waals surface area contributed by atoms with Gasteiger partial charge in [0.25, 0.3) is 0 Å². The third-order valence-corrected chi connectivity index (χ3v) is 3.57. The summed E-state index contributed by atoms with van der Waals surface area (Å²) < 4.78 is 0. The van der Waals surface area contributed by atoms with Crippen LogP contribution in [0, 0.1) is 0 Å². The highest BCUT2D eigenvalue weighted by atomic mass is 16.2. The standard InChI is InChI=1S/C15H19NO2/c1-15(2,12-7-4-3-5-8-12)14(18)16-10-6-9-13(17)11-16/h3-5,7-8H,6,9-11H2,1-2H3. The zero-order valence-electron chi connectivity index (χ0n) is 11.0. The fourth-order valence-corrected chi connectivity index (χ4v) is 2.39. The van der Waals surface area contributed by atoms with Crippen LogP contribution < -0.4 is 0 Å². The lowest BCUT2D eigenvalue weighted by Gasteiger charge is -2.34. The van der Waals surface area contributed by atoms with Gasteiger partial charge in [0.05, 0.1) is 12.0 Å². The second-order valence-electron chi connectivity index (χ2n) is 5.36. The van der Waals surface area contributed by atoms with E-state index in [1.54, 1.807) is 4.90 Å². The van der Waals surface area contributed by atoms with Crippen molar-refractivity contribution in [3.8, 4) is 0 Å². The Labute approximate surface area is 108 Å². The molecule has 1 heterocycles. The van der Waals surface area contributed by atoms with Crippen molar-refractivity contribution in [1.29, 1.82) is 0 Å². The predicted octanol–water partition coefficient (Wildman–Crippen LogP) is 2.16. The van der Waals surface area contributed by atoms with Gasteiger partial charge in [0.1, 0.15) is 0 Å². The highest BCUT2D eigenvalue weighted by molar-refractivity contribution is 5.92. The SMILES string of the molecule is CC(C)(C(=O)N1CCCC(=O)C1)c1ccccc1. The van der Waals surface area contributed by atoms with Crippen LogP contribution >= 0.6 is 0 Å². The molecule has 0 saturated carbocycles. The Kier molecular flexibility index (Phi) is 3.50. The van der Waals surface area contributed by atoms with Gasteiger partial charge >= 0.3 is 0 Å². The first kappa shape index (κ1) is 12.8. The molecule has 0 bridgehead atoms. The van der Waals surface area contributed by atoms with Crippen molar-refractivity contribution in [2.75, 3.05) is 13.1 Å². The predicted molar refractivity (Wildman–Crippen MR) is 70.3 cm³/mol. The molecule has 1 amide bonds. The van der Waals surface area contributed by atoms with Crippen molar-refractivity contribution in [3.63, 3.8) is 0 Å². The first-order valence-corrected chi connectivity index (χ1v) is 6.38. The van der Waals surface area contributed by atoms with E-state index in [0.29, 0.717) is 13.0 Å². The van der Waals surface area contributed by atoms with Gasteiger partial charge in [-0.15, -0.1) is 0 Å². The quantitative estimate of drug-likeness (QED) is 0.800. The van der Waals surface area contributed by atoms with E-state index >= 15 is 0 Å². The lowest BCUT2D eigenvalue weighted by molar-refractivity contribution is -0.141. The van der Waals surface area contributed by atoms with Crippen molar-refractivity contribution >= 4 is 11.7 Å². The first-order valence-electron chi connectivity index (χ1n) is 6.38. The molecule has 1 saturated heterocycles. The molecule has 0 atom stereocenters. The molecule has 0 N–H and O–H groups in total. The van der Waals surface area contributed by atoms with Crippen LogP contribution in [0.25, 0.3) is 0 Å². The second-order valence-corrected chi connectivity index (χ2v) is 5.36. The highest BCUT2D eigenvalue weighted by Crippen LogP contribution is 2.26. The van der Waals surface area contributed by atoms with E-state index in [0.717, 1.165) is 12.0 Å². The molecule has 0 spiro atoms. The summed E-state index contributed by atoms with van der Waals surface area (Å²) in [6.07, 6.45) is 1.39. The van der Waals surface area contributed by atoms with Gasteiger partial charge in [0.15, 0.2) is 5.78 Å². The van der Waals surface area contributed by atoms with Crippen LogP contribution in [-0.4, -0.2) is 29.7 Å². The van der Waals surface area contributed by atoms with Gasteiger partial charge in [0.2, 0.25) is 5.91 Å². The largest absolute Gasteiger partial charge is 0.335 e. The van der Waals surface area contributed by atoms with Crippen LogP contribution in [0.15, 0.2) is 30.3 Å². The normalized spacial score (nSPS) is 16.8. The summed E-state index contributed by atoms with van der Waals surface area (Å²) in [6.45, 7) is 4.81. The fourth-order valence-electron chi connectivity index (χ4n) is 2.39. The van der Waals surface area contributed by atoms with E-state index in [4.69, 9.17) is 0 Å².